The number of phenols is 1. The molecule has 0 unspecified atom stereocenters. The lowest BCUT2D eigenvalue weighted by Crippen LogP contribution is -2.18. The van der Waals surface area contributed by atoms with Gasteiger partial charge in [0.25, 0.3) is 0 Å². The Morgan fingerprint density at radius 2 is 1.08 bits per heavy atom. The van der Waals surface area contributed by atoms with Gasteiger partial charge < -0.3 is 5.11 Å². The van der Waals surface area contributed by atoms with E-state index in [-0.39, 0.29) is 67.2 Å². The number of benzene rings is 6. The molecule has 0 saturated heterocycles. The van der Waals surface area contributed by atoms with Gasteiger partial charge in [0.05, 0.1) is 28.0 Å². The van der Waals surface area contributed by atoms with E-state index in [0.717, 1.165) is 11.1 Å². The van der Waals surface area contributed by atoms with Crippen LogP contribution in [0, 0.1) is 0 Å². The van der Waals surface area contributed by atoms with E-state index in [2.05, 4.69) is 25.8 Å². The molecule has 0 radical (unpaired) electrons. The quantitative estimate of drug-likeness (QED) is 0.181. The molecule has 0 atom stereocenters. The lowest BCUT2D eigenvalue weighted by molar-refractivity contribution is 0.446. The highest BCUT2D eigenvalue weighted by Crippen LogP contribution is 2.46. The average Bonchev–Trinajstić information content (AvgIpc) is 0.922. The first kappa shape index (κ1) is 28.7. The minimum atomic E-state index is -3.76. The number of nitrogens with zero attached hydrogens (tertiary/aromatic N) is 3. The zero-order valence-electron chi connectivity index (χ0n) is 57.1. The fraction of sp³-hybridized carbons (Fsp3) is 0.323. The molecule has 4 heteroatoms. The van der Waals surface area contributed by atoms with Crippen molar-refractivity contribution in [2.45, 2.75) is 130 Å². The first-order valence-electron chi connectivity index (χ1n) is 31.1. The Kier molecular flexibility index (Phi) is 7.20. The van der Waals surface area contributed by atoms with Gasteiger partial charge in [0.2, 0.25) is 0 Å². The van der Waals surface area contributed by atoms with Crippen molar-refractivity contribution in [3.05, 3.63) is 167 Å². The van der Waals surface area contributed by atoms with Gasteiger partial charge in [0, 0.05) is 47.6 Å². The first-order valence-corrected chi connectivity index (χ1v) is 22.1. The van der Waals surface area contributed by atoms with E-state index in [1.165, 1.54) is 35.0 Å². The lowest BCUT2D eigenvalue weighted by atomic mass is 9.78. The molecule has 0 aliphatic rings. The number of hydrogen-bond acceptors (Lipinski definition) is 3. The van der Waals surface area contributed by atoms with Gasteiger partial charge in [-0.15, -0.1) is 0 Å². The van der Waals surface area contributed by atoms with Crippen molar-refractivity contribution in [1.29, 1.82) is 0 Å². The third-order valence-electron chi connectivity index (χ3n) is 12.3. The smallest absolute Gasteiger partial charge is 0.149 e. The zero-order valence-corrected chi connectivity index (χ0v) is 39.1. The molecule has 0 saturated carbocycles. The molecule has 2 aromatic heterocycles. The van der Waals surface area contributed by atoms with Crippen molar-refractivity contribution in [1.82, 2.24) is 14.5 Å². The van der Waals surface area contributed by atoms with Gasteiger partial charge >= 0.3 is 0 Å². The summed E-state index contributed by atoms with van der Waals surface area (Å²) >= 11 is 0. The number of aromatic nitrogens is 3. The average molecular weight is 890 g/mol. The van der Waals surface area contributed by atoms with Crippen molar-refractivity contribution < 1.29 is 29.8 Å². The predicted molar refractivity (Wildman–Crippen MR) is 281 cm³/mol. The highest BCUT2D eigenvalue weighted by Gasteiger charge is 2.31. The van der Waals surface area contributed by atoms with Crippen LogP contribution < -0.4 is 0 Å². The Morgan fingerprint density at radius 1 is 0.455 bits per heavy atom. The lowest BCUT2D eigenvalue weighted by Gasteiger charge is -2.28. The van der Waals surface area contributed by atoms with Crippen molar-refractivity contribution in [2.24, 2.45) is 0 Å². The molecule has 8 aromatic rings. The maximum atomic E-state index is 12.7. The normalized spacial score (nSPS) is 18.0. The SMILES string of the molecule is [2H]C([2H])([2H])C(c1cc(-c2cc(-c3ccc(C(C)(C)C)cc3)ccn2)cc(-c2cccc3c2nc(-c2cc(C(C)(C)C)cc(C(C)(C)C)c2O)n3-c2ccc(-c3ccccc3)cc2C(C([2H])([2H])[2H])(C([2H])([2H])[2H])C([2H])([2H])[2H])c1)(C([2H])([2H])[2H])C([2H])([2H])[2H]. The summed E-state index contributed by atoms with van der Waals surface area (Å²) in [5.74, 6) is -0.369. The van der Waals surface area contributed by atoms with Crippen LogP contribution in [0.3, 0.4) is 0 Å². The molecule has 0 spiro atoms. The maximum absolute atomic E-state index is 12.7. The molecule has 4 nitrogen and oxygen atoms in total. The number of phenolic OH excluding ortho intramolecular Hbond substituents is 1. The topological polar surface area (TPSA) is 50.9 Å². The second kappa shape index (κ2) is 16.6. The Labute approximate surface area is 420 Å². The van der Waals surface area contributed by atoms with E-state index in [4.69, 9.17) is 29.7 Å². The summed E-state index contributed by atoms with van der Waals surface area (Å²) in [5.41, 5.74) is -4.86. The van der Waals surface area contributed by atoms with Crippen LogP contribution in [0.2, 0.25) is 0 Å². The number of rotatable bonds is 6. The van der Waals surface area contributed by atoms with Crippen LogP contribution in [0.25, 0.3) is 72.7 Å². The molecule has 0 fully saturated rings. The highest BCUT2D eigenvalue weighted by atomic mass is 16.3. The van der Waals surface area contributed by atoms with Crippen LogP contribution in [-0.2, 0) is 27.1 Å². The van der Waals surface area contributed by atoms with Crippen LogP contribution in [0.1, 0.15) is 156 Å². The van der Waals surface area contributed by atoms with E-state index < -0.39 is 73.9 Å². The number of hydrogen-bond donors (Lipinski definition) is 1. The van der Waals surface area contributed by atoms with E-state index >= 15 is 0 Å². The molecule has 0 aliphatic carbocycles. The van der Waals surface area contributed by atoms with Gasteiger partial charge in [-0.05, 0) is 126 Å². The van der Waals surface area contributed by atoms with Crippen LogP contribution in [0.5, 0.6) is 5.75 Å². The van der Waals surface area contributed by atoms with Crippen molar-refractivity contribution in [2.75, 3.05) is 0 Å². The number of fused-ring (bicyclic) bond motifs is 1. The molecular weight excluding hydrogens is 803 g/mol. The van der Waals surface area contributed by atoms with Crippen LogP contribution in [0.4, 0.5) is 0 Å². The number of para-hydroxylation sites is 1. The Balaban J connectivity index is 1.60. The molecule has 1 N–H and O–H groups in total. The highest BCUT2D eigenvalue weighted by molar-refractivity contribution is 5.97. The number of aromatic hydroxyl groups is 1. The van der Waals surface area contributed by atoms with Crippen molar-refractivity contribution in [3.8, 4) is 67.5 Å². The molecule has 2 heterocycles. The summed E-state index contributed by atoms with van der Waals surface area (Å²) in [4.78, 5) is 9.96. The summed E-state index contributed by atoms with van der Waals surface area (Å²) in [5, 5.41) is 12.7. The third kappa shape index (κ3) is 9.12. The van der Waals surface area contributed by atoms with Crippen LogP contribution in [-0.4, -0.2) is 19.6 Å². The molecule has 0 aliphatic heterocycles. The molecule has 6 aromatic carbocycles. The predicted octanol–water partition coefficient (Wildman–Crippen LogP) is 16.9. The van der Waals surface area contributed by atoms with Crippen molar-refractivity contribution in [3.63, 3.8) is 0 Å². The molecule has 8 rings (SSSR count). The summed E-state index contributed by atoms with van der Waals surface area (Å²) in [6.45, 7) is -4.55. The Bertz CT molecular complexity index is 3690. The van der Waals surface area contributed by atoms with E-state index in [9.17, 15) is 5.11 Å². The van der Waals surface area contributed by atoms with Gasteiger partial charge in [-0.3, -0.25) is 9.55 Å². The third-order valence-corrected chi connectivity index (χ3v) is 12.3. The van der Waals surface area contributed by atoms with E-state index in [1.54, 1.807) is 78.9 Å². The Morgan fingerprint density at radius 3 is 1.73 bits per heavy atom. The molecular formula is C62H69N3O. The molecule has 338 valence electrons. The summed E-state index contributed by atoms with van der Waals surface area (Å²) in [6.07, 6.45) is 1.52. The molecule has 0 amide bonds. The fourth-order valence-electron chi connectivity index (χ4n) is 8.49. The maximum Gasteiger partial charge on any atom is 0.149 e. The van der Waals surface area contributed by atoms with Gasteiger partial charge in [0.1, 0.15) is 11.6 Å². The Hall–Kier alpha value is -6.26. The first-order chi connectivity index (χ1) is 38.3. The van der Waals surface area contributed by atoms with Gasteiger partial charge in [-0.2, -0.15) is 0 Å². The van der Waals surface area contributed by atoms with Gasteiger partial charge in [0.15, 0.2) is 0 Å². The fourth-order valence-corrected chi connectivity index (χ4v) is 8.49. The van der Waals surface area contributed by atoms with E-state index in [0.29, 0.717) is 22.3 Å². The summed E-state index contributed by atoms with van der Waals surface area (Å²) in [6, 6.07) is 36.5. The van der Waals surface area contributed by atoms with Gasteiger partial charge in [-0.1, -0.05) is 188 Å². The minimum absolute atomic E-state index is 0.0247. The second-order valence-electron chi connectivity index (χ2n) is 20.5. The molecule has 0 bridgehead atoms. The van der Waals surface area contributed by atoms with Crippen molar-refractivity contribution >= 4 is 11.0 Å². The van der Waals surface area contributed by atoms with E-state index in [1.807, 2.05) is 71.9 Å². The van der Waals surface area contributed by atoms with Crippen LogP contribution >= 0.6 is 0 Å². The summed E-state index contributed by atoms with van der Waals surface area (Å²) < 4.78 is 162. The van der Waals surface area contributed by atoms with Gasteiger partial charge in [-0.25, -0.2) is 4.98 Å². The molecule has 66 heavy (non-hydrogen) atoms. The van der Waals surface area contributed by atoms with Crippen LogP contribution in [0.15, 0.2) is 140 Å². The minimum Gasteiger partial charge on any atom is -0.507 e. The number of pyridine rings is 1. The zero-order chi connectivity index (χ0) is 62.7. The largest absolute Gasteiger partial charge is 0.507 e. The number of imidazole rings is 1. The monoisotopic (exact) mass is 890 g/mol. The standard InChI is InChI=1S/C62H69N3O/c1-58(2,3)45-27-24-40(25-28-45)42-30-31-63-52(36-42)44-32-43(33-46(34-44)59(4,5)6)48-22-19-23-54-55(48)64-57(49-37-47(60(7,8)9)38-51(56(49)66)62(13,14)15)65(54)53-29-26-41(35-50(53)61(10,11)12)39-20-17-16-18-21-39/h16-38,66H,1-15H3/i4D3,5D3,6D3,10D3,11D3,12D3. The summed E-state index contributed by atoms with van der Waals surface area (Å²) in [7, 11) is 0. The second-order valence-corrected chi connectivity index (χ2v) is 20.5.